The molecule has 0 bridgehead atoms. The van der Waals surface area contributed by atoms with E-state index < -0.39 is 0 Å². The Kier molecular flexibility index (Phi) is 1.78. The molecular weight excluding hydrogens is 170 g/mol. The molecule has 2 aromatic carbocycles. The average Bonchev–Trinajstić information content (AvgIpc) is 3.03. The van der Waals surface area contributed by atoms with Crippen molar-refractivity contribution in [3.63, 3.8) is 0 Å². The first-order valence-electron chi connectivity index (χ1n) is 5.13. The van der Waals surface area contributed by atoms with Gasteiger partial charge in [0.15, 0.2) is 0 Å². The highest BCUT2D eigenvalue weighted by Gasteiger charge is 2.20. The third-order valence-corrected chi connectivity index (χ3v) is 2.84. The second-order valence-electron chi connectivity index (χ2n) is 3.95. The molecule has 14 heavy (non-hydrogen) atoms. The molecule has 0 amide bonds. The summed E-state index contributed by atoms with van der Waals surface area (Å²) in [4.78, 5) is 0. The van der Waals surface area contributed by atoms with Gasteiger partial charge in [-0.1, -0.05) is 42.5 Å². The lowest BCUT2D eigenvalue weighted by atomic mass is 10.0. The molecule has 1 fully saturated rings. The van der Waals surface area contributed by atoms with Gasteiger partial charge in [0.25, 0.3) is 0 Å². The first-order valence-corrected chi connectivity index (χ1v) is 5.13. The summed E-state index contributed by atoms with van der Waals surface area (Å²) in [5, 5.41) is 6.11. The van der Waals surface area contributed by atoms with Crippen molar-refractivity contribution in [3.8, 4) is 0 Å². The molecule has 1 aliphatic heterocycles. The second-order valence-corrected chi connectivity index (χ2v) is 3.95. The van der Waals surface area contributed by atoms with Crippen molar-refractivity contribution >= 4 is 10.8 Å². The van der Waals surface area contributed by atoms with Crippen LogP contribution in [0.4, 0.5) is 0 Å². The second kappa shape index (κ2) is 3.10. The van der Waals surface area contributed by atoms with E-state index in [1.54, 1.807) is 0 Å². The molecule has 2 aromatic rings. The van der Waals surface area contributed by atoms with Gasteiger partial charge in [0.2, 0.25) is 0 Å². The Balaban J connectivity index is 2.11. The molecule has 1 saturated heterocycles. The molecule has 1 nitrogen and oxygen atoms in total. The van der Waals surface area contributed by atoms with Gasteiger partial charge >= 0.3 is 0 Å². The highest BCUT2D eigenvalue weighted by Crippen LogP contribution is 2.21. The molecule has 0 spiro atoms. The molecule has 1 atom stereocenters. The molecule has 1 aliphatic rings. The Morgan fingerprint density at radius 3 is 2.71 bits per heavy atom. The van der Waals surface area contributed by atoms with Crippen molar-refractivity contribution in [3.05, 3.63) is 48.0 Å². The van der Waals surface area contributed by atoms with Gasteiger partial charge in [0.05, 0.1) is 0 Å². The van der Waals surface area contributed by atoms with Crippen LogP contribution in [0.1, 0.15) is 5.56 Å². The largest absolute Gasteiger partial charge is 0.311 e. The number of benzene rings is 2. The summed E-state index contributed by atoms with van der Waals surface area (Å²) in [6.45, 7) is 1.18. The van der Waals surface area contributed by atoms with Crippen LogP contribution in [0.3, 0.4) is 0 Å². The van der Waals surface area contributed by atoms with E-state index in [2.05, 4.69) is 47.8 Å². The summed E-state index contributed by atoms with van der Waals surface area (Å²) in [6.07, 6.45) is 1.17. The van der Waals surface area contributed by atoms with E-state index in [-0.39, 0.29) is 0 Å². The minimum absolute atomic E-state index is 0.723. The van der Waals surface area contributed by atoms with Crippen LogP contribution < -0.4 is 5.32 Å². The summed E-state index contributed by atoms with van der Waals surface area (Å²) in [7, 11) is 0. The van der Waals surface area contributed by atoms with E-state index in [4.69, 9.17) is 0 Å². The van der Waals surface area contributed by atoms with Crippen LogP contribution in [0.25, 0.3) is 10.8 Å². The predicted octanol–water partition coefficient (Wildman–Crippen LogP) is 2.35. The smallest absolute Gasteiger partial charge is 0.0233 e. The van der Waals surface area contributed by atoms with E-state index in [0.29, 0.717) is 0 Å². The highest BCUT2D eigenvalue weighted by atomic mass is 15.1. The van der Waals surface area contributed by atoms with Crippen LogP contribution in [-0.2, 0) is 6.42 Å². The van der Waals surface area contributed by atoms with Gasteiger partial charge in [-0.25, -0.2) is 0 Å². The van der Waals surface area contributed by atoms with E-state index in [1.807, 2.05) is 0 Å². The molecule has 0 aliphatic carbocycles. The summed E-state index contributed by atoms with van der Waals surface area (Å²) >= 11 is 0. The first-order chi connectivity index (χ1) is 6.93. The number of hydrogen-bond donors (Lipinski definition) is 1. The van der Waals surface area contributed by atoms with Crippen LogP contribution in [-0.4, -0.2) is 12.6 Å². The van der Waals surface area contributed by atoms with Crippen molar-refractivity contribution in [2.24, 2.45) is 0 Å². The van der Waals surface area contributed by atoms with Gasteiger partial charge in [-0.3, -0.25) is 0 Å². The molecule has 0 radical (unpaired) electrons. The number of fused-ring (bicyclic) bond motifs is 1. The lowest BCUT2D eigenvalue weighted by Crippen LogP contribution is -1.97. The maximum Gasteiger partial charge on any atom is 0.0233 e. The molecule has 70 valence electrons. The van der Waals surface area contributed by atoms with Gasteiger partial charge < -0.3 is 5.32 Å². The van der Waals surface area contributed by atoms with E-state index in [9.17, 15) is 0 Å². The third kappa shape index (κ3) is 1.40. The van der Waals surface area contributed by atoms with Crippen molar-refractivity contribution in [1.82, 2.24) is 5.32 Å². The van der Waals surface area contributed by atoms with Gasteiger partial charge in [-0.2, -0.15) is 0 Å². The SMILES string of the molecule is c1ccc2c(CC3CN3)cccc2c1. The number of rotatable bonds is 2. The normalized spacial score (nSPS) is 19.9. The summed E-state index contributed by atoms with van der Waals surface area (Å²) in [5.74, 6) is 0. The Morgan fingerprint density at radius 1 is 1.07 bits per heavy atom. The van der Waals surface area contributed by atoms with Gasteiger partial charge in [0, 0.05) is 12.6 Å². The molecule has 0 saturated carbocycles. The molecule has 1 unspecified atom stereocenters. The molecule has 1 heteroatoms. The average molecular weight is 183 g/mol. The minimum atomic E-state index is 0.723. The molecule has 1 N–H and O–H groups in total. The number of hydrogen-bond acceptors (Lipinski definition) is 1. The Hall–Kier alpha value is -1.34. The third-order valence-electron chi connectivity index (χ3n) is 2.84. The molecule has 3 rings (SSSR count). The molecule has 1 heterocycles. The van der Waals surface area contributed by atoms with Crippen molar-refractivity contribution in [2.45, 2.75) is 12.5 Å². The zero-order valence-electron chi connectivity index (χ0n) is 8.03. The maximum absolute atomic E-state index is 3.35. The lowest BCUT2D eigenvalue weighted by Gasteiger charge is -2.04. The minimum Gasteiger partial charge on any atom is -0.311 e. The van der Waals surface area contributed by atoms with Crippen LogP contribution in [0.2, 0.25) is 0 Å². The fourth-order valence-electron chi connectivity index (χ4n) is 1.96. The van der Waals surface area contributed by atoms with Gasteiger partial charge in [-0.05, 0) is 22.8 Å². The van der Waals surface area contributed by atoms with Gasteiger partial charge in [-0.15, -0.1) is 0 Å². The zero-order chi connectivity index (χ0) is 9.38. The molecule has 0 aromatic heterocycles. The quantitative estimate of drug-likeness (QED) is 0.709. The van der Waals surface area contributed by atoms with Crippen LogP contribution in [0, 0.1) is 0 Å². The van der Waals surface area contributed by atoms with Crippen LogP contribution >= 0.6 is 0 Å². The van der Waals surface area contributed by atoms with Crippen LogP contribution in [0.15, 0.2) is 42.5 Å². The fourth-order valence-corrected chi connectivity index (χ4v) is 1.96. The topological polar surface area (TPSA) is 21.9 Å². The Labute approximate surface area is 83.8 Å². The summed E-state index contributed by atoms with van der Waals surface area (Å²) in [6, 6.07) is 15.9. The zero-order valence-corrected chi connectivity index (χ0v) is 8.03. The molecular formula is C13H13N. The predicted molar refractivity (Wildman–Crippen MR) is 59.4 cm³/mol. The maximum atomic E-state index is 3.35. The lowest BCUT2D eigenvalue weighted by molar-refractivity contribution is 0.938. The van der Waals surface area contributed by atoms with Crippen molar-refractivity contribution < 1.29 is 0 Å². The van der Waals surface area contributed by atoms with Crippen molar-refractivity contribution in [2.75, 3.05) is 6.54 Å². The van der Waals surface area contributed by atoms with Crippen LogP contribution in [0.5, 0.6) is 0 Å². The summed E-state index contributed by atoms with van der Waals surface area (Å²) < 4.78 is 0. The first kappa shape index (κ1) is 8.01. The summed E-state index contributed by atoms with van der Waals surface area (Å²) in [5.41, 5.74) is 1.47. The highest BCUT2D eigenvalue weighted by molar-refractivity contribution is 5.85. The number of nitrogens with one attached hydrogen (secondary N) is 1. The van der Waals surface area contributed by atoms with E-state index in [1.165, 1.54) is 29.3 Å². The Morgan fingerprint density at radius 2 is 1.86 bits per heavy atom. The van der Waals surface area contributed by atoms with E-state index >= 15 is 0 Å². The Bertz CT molecular complexity index is 452. The van der Waals surface area contributed by atoms with E-state index in [0.717, 1.165) is 6.04 Å². The fraction of sp³-hybridized carbons (Fsp3) is 0.231. The monoisotopic (exact) mass is 183 g/mol. The van der Waals surface area contributed by atoms with Crippen molar-refractivity contribution in [1.29, 1.82) is 0 Å². The standard InChI is InChI=1S/C13H13N/c1-2-7-13-10(4-1)5-3-6-11(13)8-12-9-14-12/h1-7,12,14H,8-9H2. The van der Waals surface area contributed by atoms with Gasteiger partial charge in [0.1, 0.15) is 0 Å².